The smallest absolute Gasteiger partial charge is 0.335 e. The van der Waals surface area contributed by atoms with Crippen LogP contribution in [-0.4, -0.2) is 55.3 Å². The molecule has 0 atom stereocenters. The summed E-state index contributed by atoms with van der Waals surface area (Å²) >= 11 is 0. The van der Waals surface area contributed by atoms with Crippen molar-refractivity contribution in [2.24, 2.45) is 0 Å². The maximum atomic E-state index is 12.1. The fourth-order valence-corrected chi connectivity index (χ4v) is 2.00. The van der Waals surface area contributed by atoms with E-state index in [1.54, 1.807) is 4.90 Å². The molecular weight excluding hydrogens is 262 g/mol. The number of piperazine rings is 1. The number of carbonyl (C=O) groups is 2. The Morgan fingerprint density at radius 1 is 1.35 bits per heavy atom. The van der Waals surface area contributed by atoms with Crippen molar-refractivity contribution in [3.8, 4) is 5.75 Å². The molecule has 0 spiro atoms. The maximum Gasteiger partial charge on any atom is 0.335 e. The van der Waals surface area contributed by atoms with Gasteiger partial charge >= 0.3 is 12.0 Å². The van der Waals surface area contributed by atoms with Crippen LogP contribution in [0.4, 0.5) is 10.5 Å². The lowest BCUT2D eigenvalue weighted by molar-refractivity contribution is 0.0697. The first-order chi connectivity index (χ1) is 9.61. The number of nitrogens with one attached hydrogen (secondary N) is 2. The van der Waals surface area contributed by atoms with E-state index in [4.69, 9.17) is 9.84 Å². The number of urea groups is 1. The van der Waals surface area contributed by atoms with E-state index in [-0.39, 0.29) is 11.6 Å². The Labute approximate surface area is 116 Å². The summed E-state index contributed by atoms with van der Waals surface area (Å²) < 4.78 is 5.13. The molecule has 1 aliphatic rings. The Morgan fingerprint density at radius 3 is 2.65 bits per heavy atom. The zero-order valence-corrected chi connectivity index (χ0v) is 11.2. The molecule has 7 heteroatoms. The van der Waals surface area contributed by atoms with Crippen LogP contribution in [0.25, 0.3) is 0 Å². The van der Waals surface area contributed by atoms with Gasteiger partial charge in [0.2, 0.25) is 0 Å². The van der Waals surface area contributed by atoms with Crippen LogP contribution in [0.2, 0.25) is 0 Å². The van der Waals surface area contributed by atoms with Crippen molar-refractivity contribution in [2.75, 3.05) is 38.6 Å². The molecule has 0 radical (unpaired) electrons. The van der Waals surface area contributed by atoms with E-state index in [1.807, 2.05) is 0 Å². The average molecular weight is 279 g/mol. The topological polar surface area (TPSA) is 90.9 Å². The second kappa shape index (κ2) is 6.25. The molecule has 0 aliphatic carbocycles. The normalized spacial score (nSPS) is 14.8. The molecule has 20 heavy (non-hydrogen) atoms. The van der Waals surface area contributed by atoms with Crippen LogP contribution in [0.1, 0.15) is 10.4 Å². The zero-order chi connectivity index (χ0) is 14.5. The van der Waals surface area contributed by atoms with Crippen LogP contribution in [0.5, 0.6) is 5.75 Å². The quantitative estimate of drug-likeness (QED) is 0.762. The van der Waals surface area contributed by atoms with Crippen molar-refractivity contribution in [3.05, 3.63) is 23.8 Å². The van der Waals surface area contributed by atoms with Crippen molar-refractivity contribution < 1.29 is 19.4 Å². The van der Waals surface area contributed by atoms with E-state index >= 15 is 0 Å². The minimum atomic E-state index is -1.05. The Morgan fingerprint density at radius 2 is 2.05 bits per heavy atom. The third-order valence-corrected chi connectivity index (χ3v) is 3.09. The monoisotopic (exact) mass is 279 g/mol. The van der Waals surface area contributed by atoms with Gasteiger partial charge in [-0.3, -0.25) is 0 Å². The van der Waals surface area contributed by atoms with E-state index in [0.717, 1.165) is 13.1 Å². The van der Waals surface area contributed by atoms with E-state index < -0.39 is 5.97 Å². The molecular formula is C13H17N3O4. The molecule has 1 aromatic carbocycles. The molecule has 2 rings (SSSR count). The lowest BCUT2D eigenvalue weighted by Crippen LogP contribution is -2.48. The first-order valence-corrected chi connectivity index (χ1v) is 6.30. The second-order valence-corrected chi connectivity index (χ2v) is 4.39. The van der Waals surface area contributed by atoms with Crippen molar-refractivity contribution >= 4 is 17.7 Å². The zero-order valence-electron chi connectivity index (χ0n) is 11.2. The number of nitrogens with zero attached hydrogens (tertiary/aromatic N) is 1. The summed E-state index contributed by atoms with van der Waals surface area (Å²) in [5.41, 5.74) is 0.456. The molecule has 1 saturated heterocycles. The molecule has 1 aromatic rings. The highest BCUT2D eigenvalue weighted by molar-refractivity contribution is 5.94. The number of carbonyl (C=O) groups excluding carboxylic acids is 1. The van der Waals surface area contributed by atoms with Crippen LogP contribution in [0, 0.1) is 0 Å². The molecule has 0 unspecified atom stereocenters. The van der Waals surface area contributed by atoms with E-state index in [1.165, 1.54) is 25.3 Å². The van der Waals surface area contributed by atoms with E-state index in [2.05, 4.69) is 10.6 Å². The number of ether oxygens (including phenoxy) is 1. The van der Waals surface area contributed by atoms with Gasteiger partial charge in [0.25, 0.3) is 0 Å². The summed E-state index contributed by atoms with van der Waals surface area (Å²) in [6, 6.07) is 4.09. The highest BCUT2D eigenvalue weighted by atomic mass is 16.5. The Bertz CT molecular complexity index is 512. The molecule has 7 nitrogen and oxygen atoms in total. The summed E-state index contributed by atoms with van der Waals surface area (Å²) in [6.07, 6.45) is 0. The fraction of sp³-hybridized carbons (Fsp3) is 0.385. The van der Waals surface area contributed by atoms with Gasteiger partial charge in [0, 0.05) is 26.2 Å². The lowest BCUT2D eigenvalue weighted by Gasteiger charge is -2.27. The van der Waals surface area contributed by atoms with Gasteiger partial charge in [0.15, 0.2) is 0 Å². The lowest BCUT2D eigenvalue weighted by atomic mass is 10.2. The number of hydrogen-bond acceptors (Lipinski definition) is 4. The molecule has 0 aromatic heterocycles. The van der Waals surface area contributed by atoms with Gasteiger partial charge in [-0.1, -0.05) is 0 Å². The summed E-state index contributed by atoms with van der Waals surface area (Å²) in [5, 5.41) is 14.8. The van der Waals surface area contributed by atoms with Crippen LogP contribution >= 0.6 is 0 Å². The van der Waals surface area contributed by atoms with Gasteiger partial charge < -0.3 is 25.4 Å². The summed E-state index contributed by atoms with van der Waals surface area (Å²) in [6.45, 7) is 2.74. The Balaban J connectivity index is 2.15. The number of amides is 2. The van der Waals surface area contributed by atoms with Crippen molar-refractivity contribution in [1.29, 1.82) is 0 Å². The summed E-state index contributed by atoms with van der Waals surface area (Å²) in [4.78, 5) is 24.7. The standard InChI is InChI=1S/C13H17N3O4/c1-20-11-3-2-9(12(17)18)8-10(11)15-13(19)16-6-4-14-5-7-16/h2-3,8,14H,4-7H2,1H3,(H,15,19)(H,17,18). The molecule has 0 saturated carbocycles. The van der Waals surface area contributed by atoms with E-state index in [9.17, 15) is 9.59 Å². The van der Waals surface area contributed by atoms with E-state index in [0.29, 0.717) is 24.5 Å². The number of carboxylic acids is 1. The van der Waals surface area contributed by atoms with Crippen molar-refractivity contribution in [3.63, 3.8) is 0 Å². The van der Waals surface area contributed by atoms with Gasteiger partial charge in [-0.25, -0.2) is 9.59 Å². The predicted octanol–water partition coefficient (Wildman–Crippen LogP) is 0.830. The third kappa shape index (κ3) is 3.18. The highest BCUT2D eigenvalue weighted by Gasteiger charge is 2.18. The number of hydrogen-bond donors (Lipinski definition) is 3. The van der Waals surface area contributed by atoms with Gasteiger partial charge in [0.05, 0.1) is 18.4 Å². The average Bonchev–Trinajstić information content (AvgIpc) is 2.48. The number of anilines is 1. The molecule has 108 valence electrons. The molecule has 2 amide bonds. The number of rotatable bonds is 3. The first-order valence-electron chi connectivity index (χ1n) is 6.30. The Kier molecular flexibility index (Phi) is 4.41. The highest BCUT2D eigenvalue weighted by Crippen LogP contribution is 2.25. The largest absolute Gasteiger partial charge is 0.495 e. The van der Waals surface area contributed by atoms with Crippen molar-refractivity contribution in [2.45, 2.75) is 0 Å². The maximum absolute atomic E-state index is 12.1. The number of aromatic carboxylic acids is 1. The van der Waals surface area contributed by atoms with Crippen molar-refractivity contribution in [1.82, 2.24) is 10.2 Å². The molecule has 1 heterocycles. The molecule has 0 bridgehead atoms. The van der Waals surface area contributed by atoms with Crippen LogP contribution < -0.4 is 15.4 Å². The number of carboxylic acid groups (broad SMARTS) is 1. The molecule has 3 N–H and O–H groups in total. The van der Waals surface area contributed by atoms with Gasteiger partial charge in [0.1, 0.15) is 5.75 Å². The van der Waals surface area contributed by atoms with Gasteiger partial charge in [-0.15, -0.1) is 0 Å². The predicted molar refractivity (Wildman–Crippen MR) is 73.4 cm³/mol. The minimum Gasteiger partial charge on any atom is -0.495 e. The van der Waals surface area contributed by atoms with Crippen LogP contribution in [0.3, 0.4) is 0 Å². The number of benzene rings is 1. The Hall–Kier alpha value is -2.28. The fourth-order valence-electron chi connectivity index (χ4n) is 2.00. The second-order valence-electron chi connectivity index (χ2n) is 4.39. The summed E-state index contributed by atoms with van der Waals surface area (Å²) in [5.74, 6) is -0.621. The molecule has 1 aliphatic heterocycles. The summed E-state index contributed by atoms with van der Waals surface area (Å²) in [7, 11) is 1.47. The van der Waals surface area contributed by atoms with Crippen LogP contribution in [0.15, 0.2) is 18.2 Å². The van der Waals surface area contributed by atoms with Crippen LogP contribution in [-0.2, 0) is 0 Å². The molecule has 1 fully saturated rings. The number of methoxy groups -OCH3 is 1. The minimum absolute atomic E-state index is 0.0985. The SMILES string of the molecule is COc1ccc(C(=O)O)cc1NC(=O)N1CCNCC1. The van der Waals surface area contributed by atoms with Gasteiger partial charge in [-0.05, 0) is 18.2 Å². The first kappa shape index (κ1) is 14.1. The third-order valence-electron chi connectivity index (χ3n) is 3.09. The van der Waals surface area contributed by atoms with Gasteiger partial charge in [-0.2, -0.15) is 0 Å².